The van der Waals surface area contributed by atoms with Crippen molar-refractivity contribution >= 4 is 11.3 Å². The first-order valence-corrected chi connectivity index (χ1v) is 8.20. The molecule has 2 rings (SSSR count). The molecule has 0 radical (unpaired) electrons. The second-order valence-corrected chi connectivity index (χ2v) is 6.54. The van der Waals surface area contributed by atoms with Gasteiger partial charge in [-0.25, -0.2) is 4.98 Å². The highest BCUT2D eigenvalue weighted by Gasteiger charge is 2.17. The molecule has 0 bridgehead atoms. The smallest absolute Gasteiger partial charge is 0.118 e. The Morgan fingerprint density at radius 1 is 1.24 bits per heavy atom. The van der Waals surface area contributed by atoms with Crippen LogP contribution in [0.3, 0.4) is 0 Å². The molecule has 4 heteroatoms. The minimum absolute atomic E-state index is 0.309. The molecule has 2 aromatic rings. The predicted octanol–water partition coefficient (Wildman–Crippen LogP) is 4.57. The second kappa shape index (κ2) is 7.05. The fraction of sp³-hybridized carbons (Fsp3) is 0.471. The summed E-state index contributed by atoms with van der Waals surface area (Å²) in [6, 6.07) is 8.96. The van der Waals surface area contributed by atoms with E-state index < -0.39 is 0 Å². The summed E-state index contributed by atoms with van der Waals surface area (Å²) in [5.74, 6) is 0.899. The largest absolute Gasteiger partial charge is 0.497 e. The number of hydrogen-bond acceptors (Lipinski definition) is 4. The van der Waals surface area contributed by atoms with E-state index in [-0.39, 0.29) is 0 Å². The van der Waals surface area contributed by atoms with Gasteiger partial charge in [0.25, 0.3) is 0 Å². The van der Waals surface area contributed by atoms with Crippen LogP contribution in [0, 0.1) is 13.8 Å². The number of thiazole rings is 1. The van der Waals surface area contributed by atoms with E-state index in [4.69, 9.17) is 4.74 Å². The molecular formula is C17H24N2OS. The lowest BCUT2D eigenvalue weighted by molar-refractivity contribution is 0.413. The Kier molecular flexibility index (Phi) is 5.37. The lowest BCUT2D eigenvalue weighted by atomic mass is 10.0. The Labute approximate surface area is 131 Å². The molecule has 21 heavy (non-hydrogen) atoms. The van der Waals surface area contributed by atoms with E-state index in [2.05, 4.69) is 50.1 Å². The van der Waals surface area contributed by atoms with Gasteiger partial charge in [-0.15, -0.1) is 11.3 Å². The third-order valence-electron chi connectivity index (χ3n) is 3.71. The van der Waals surface area contributed by atoms with Gasteiger partial charge < -0.3 is 10.1 Å². The average Bonchev–Trinajstić information content (AvgIpc) is 2.83. The van der Waals surface area contributed by atoms with Crippen molar-refractivity contribution in [2.75, 3.05) is 7.11 Å². The van der Waals surface area contributed by atoms with Crippen molar-refractivity contribution in [3.8, 4) is 5.75 Å². The molecule has 2 unspecified atom stereocenters. The molecule has 1 aromatic carbocycles. The van der Waals surface area contributed by atoms with Crippen LogP contribution in [0.4, 0.5) is 0 Å². The standard InChI is InChI=1S/C17H24N2OS/c1-6-16(14-7-9-15(20-5)10-8-14)19-12(3)17-11(2)18-13(4)21-17/h7-10,12,16,19H,6H2,1-5H3. The topological polar surface area (TPSA) is 34.2 Å². The zero-order valence-electron chi connectivity index (χ0n) is 13.4. The van der Waals surface area contributed by atoms with E-state index in [1.54, 1.807) is 18.4 Å². The summed E-state index contributed by atoms with van der Waals surface area (Å²) in [6.07, 6.45) is 1.05. The molecule has 2 atom stereocenters. The third-order valence-corrected chi connectivity index (χ3v) is 4.97. The molecular weight excluding hydrogens is 280 g/mol. The van der Waals surface area contributed by atoms with Crippen molar-refractivity contribution in [3.63, 3.8) is 0 Å². The zero-order chi connectivity index (χ0) is 15.4. The van der Waals surface area contributed by atoms with Crippen molar-refractivity contribution in [1.29, 1.82) is 0 Å². The number of aryl methyl sites for hydroxylation is 2. The molecule has 0 saturated carbocycles. The summed E-state index contributed by atoms with van der Waals surface area (Å²) in [7, 11) is 1.70. The number of hydrogen-bond donors (Lipinski definition) is 1. The molecule has 1 heterocycles. The van der Waals surface area contributed by atoms with Crippen molar-refractivity contribution < 1.29 is 4.74 Å². The van der Waals surface area contributed by atoms with E-state index in [9.17, 15) is 0 Å². The van der Waals surface area contributed by atoms with Gasteiger partial charge in [0.1, 0.15) is 5.75 Å². The van der Waals surface area contributed by atoms with Gasteiger partial charge in [-0.1, -0.05) is 19.1 Å². The third kappa shape index (κ3) is 3.83. The number of benzene rings is 1. The first kappa shape index (κ1) is 16.0. The van der Waals surface area contributed by atoms with Crippen LogP contribution in [-0.4, -0.2) is 12.1 Å². The van der Waals surface area contributed by atoms with Crippen LogP contribution in [0.2, 0.25) is 0 Å². The molecule has 0 fully saturated rings. The second-order valence-electron chi connectivity index (χ2n) is 5.30. The van der Waals surface area contributed by atoms with E-state index in [1.165, 1.54) is 10.4 Å². The first-order valence-electron chi connectivity index (χ1n) is 7.39. The number of nitrogens with one attached hydrogen (secondary N) is 1. The minimum atomic E-state index is 0.309. The Morgan fingerprint density at radius 2 is 1.90 bits per heavy atom. The lowest BCUT2D eigenvalue weighted by Crippen LogP contribution is -2.24. The quantitative estimate of drug-likeness (QED) is 0.849. The Morgan fingerprint density at radius 3 is 2.38 bits per heavy atom. The van der Waals surface area contributed by atoms with Gasteiger partial charge in [-0.2, -0.15) is 0 Å². The van der Waals surface area contributed by atoms with Gasteiger partial charge >= 0.3 is 0 Å². The zero-order valence-corrected chi connectivity index (χ0v) is 14.3. The predicted molar refractivity (Wildman–Crippen MR) is 89.2 cm³/mol. The summed E-state index contributed by atoms with van der Waals surface area (Å²) in [5.41, 5.74) is 2.44. The van der Waals surface area contributed by atoms with Crippen molar-refractivity contribution in [3.05, 3.63) is 45.4 Å². The minimum Gasteiger partial charge on any atom is -0.497 e. The van der Waals surface area contributed by atoms with Crippen LogP contribution in [0.25, 0.3) is 0 Å². The highest BCUT2D eigenvalue weighted by atomic mass is 32.1. The van der Waals surface area contributed by atoms with Gasteiger partial charge in [-0.05, 0) is 44.9 Å². The summed E-state index contributed by atoms with van der Waals surface area (Å²) in [6.45, 7) is 8.57. The number of rotatable bonds is 6. The van der Waals surface area contributed by atoms with E-state index >= 15 is 0 Å². The van der Waals surface area contributed by atoms with E-state index in [0.29, 0.717) is 12.1 Å². The molecule has 1 N–H and O–H groups in total. The van der Waals surface area contributed by atoms with Crippen LogP contribution >= 0.6 is 11.3 Å². The van der Waals surface area contributed by atoms with Crippen molar-refractivity contribution in [1.82, 2.24) is 10.3 Å². The van der Waals surface area contributed by atoms with E-state index in [0.717, 1.165) is 22.9 Å². The van der Waals surface area contributed by atoms with Crippen LogP contribution in [0.1, 0.15) is 53.5 Å². The number of aromatic nitrogens is 1. The van der Waals surface area contributed by atoms with Gasteiger partial charge in [-0.3, -0.25) is 0 Å². The van der Waals surface area contributed by atoms with Crippen LogP contribution in [0.5, 0.6) is 5.75 Å². The molecule has 1 aromatic heterocycles. The molecule has 0 spiro atoms. The summed E-state index contributed by atoms with van der Waals surface area (Å²) in [5, 5.41) is 4.85. The van der Waals surface area contributed by atoms with Crippen LogP contribution < -0.4 is 10.1 Å². The highest BCUT2D eigenvalue weighted by Crippen LogP contribution is 2.28. The van der Waals surface area contributed by atoms with Gasteiger partial charge in [0.15, 0.2) is 0 Å². The fourth-order valence-electron chi connectivity index (χ4n) is 2.61. The summed E-state index contributed by atoms with van der Waals surface area (Å²) >= 11 is 1.78. The maximum absolute atomic E-state index is 5.22. The number of methoxy groups -OCH3 is 1. The highest BCUT2D eigenvalue weighted by molar-refractivity contribution is 7.11. The first-order chi connectivity index (χ1) is 10.0. The summed E-state index contributed by atoms with van der Waals surface area (Å²) < 4.78 is 5.22. The normalized spacial score (nSPS) is 14.0. The van der Waals surface area contributed by atoms with E-state index in [1.807, 2.05) is 12.1 Å². The van der Waals surface area contributed by atoms with Gasteiger partial charge in [0, 0.05) is 17.0 Å². The maximum atomic E-state index is 5.22. The molecule has 114 valence electrons. The van der Waals surface area contributed by atoms with Crippen molar-refractivity contribution in [2.24, 2.45) is 0 Å². The van der Waals surface area contributed by atoms with Crippen molar-refractivity contribution in [2.45, 2.75) is 46.2 Å². The van der Waals surface area contributed by atoms with Gasteiger partial charge in [0.2, 0.25) is 0 Å². The fourth-order valence-corrected chi connectivity index (χ4v) is 3.55. The molecule has 0 saturated heterocycles. The molecule has 0 aliphatic rings. The Bertz CT molecular complexity index is 577. The molecule has 0 amide bonds. The SMILES string of the molecule is CCC(NC(C)c1sc(C)nc1C)c1ccc(OC)cc1. The molecule has 3 nitrogen and oxygen atoms in total. The van der Waals surface area contributed by atoms with Gasteiger partial charge in [0.05, 0.1) is 17.8 Å². The summed E-state index contributed by atoms with van der Waals surface area (Å²) in [4.78, 5) is 5.86. The number of ether oxygens (including phenoxy) is 1. The lowest BCUT2D eigenvalue weighted by Gasteiger charge is -2.22. The van der Waals surface area contributed by atoms with Crippen LogP contribution in [-0.2, 0) is 0 Å². The molecule has 0 aliphatic carbocycles. The maximum Gasteiger partial charge on any atom is 0.118 e. The number of nitrogens with zero attached hydrogens (tertiary/aromatic N) is 1. The monoisotopic (exact) mass is 304 g/mol. The van der Waals surface area contributed by atoms with Crippen LogP contribution in [0.15, 0.2) is 24.3 Å². The Hall–Kier alpha value is -1.39. The molecule has 0 aliphatic heterocycles. The average molecular weight is 304 g/mol. The Balaban J connectivity index is 2.12.